The van der Waals surface area contributed by atoms with Gasteiger partial charge in [-0.25, -0.2) is 4.98 Å². The molecule has 1 heterocycles. The lowest BCUT2D eigenvalue weighted by molar-refractivity contribution is 0.436. The Morgan fingerprint density at radius 1 is 0.639 bits per heavy atom. The molecule has 2 heteroatoms. The fourth-order valence-electron chi connectivity index (χ4n) is 6.77. The third-order valence-corrected chi connectivity index (χ3v) is 8.64. The molecular weight excluding hydrogens is 436 g/mol. The molecule has 2 aliphatic rings. The Labute approximate surface area is 216 Å². The number of aromatic nitrogens is 2. The maximum absolute atomic E-state index is 5.14. The van der Waals surface area contributed by atoms with Crippen LogP contribution in [0.25, 0.3) is 28.3 Å². The van der Waals surface area contributed by atoms with E-state index in [1.807, 2.05) is 0 Å². The van der Waals surface area contributed by atoms with Gasteiger partial charge in [0.25, 0.3) is 0 Å². The van der Waals surface area contributed by atoms with Crippen LogP contribution in [0.5, 0.6) is 0 Å². The van der Waals surface area contributed by atoms with E-state index >= 15 is 0 Å². The summed E-state index contributed by atoms with van der Waals surface area (Å²) in [7, 11) is 0. The number of rotatable bonds is 5. The lowest BCUT2D eigenvalue weighted by Crippen LogP contribution is -2.12. The first-order chi connectivity index (χ1) is 17.8. The summed E-state index contributed by atoms with van der Waals surface area (Å²) in [5, 5.41) is 0. The van der Waals surface area contributed by atoms with E-state index in [4.69, 9.17) is 4.98 Å². The van der Waals surface area contributed by atoms with Crippen molar-refractivity contribution in [1.29, 1.82) is 0 Å². The Balaban J connectivity index is 1.61. The number of aryl methyl sites for hydroxylation is 1. The van der Waals surface area contributed by atoms with Crippen LogP contribution in [0.3, 0.4) is 0 Å². The van der Waals surface area contributed by atoms with Crippen molar-refractivity contribution in [2.45, 2.75) is 83.0 Å². The smallest absolute Gasteiger partial charge is 0.145 e. The van der Waals surface area contributed by atoms with Gasteiger partial charge >= 0.3 is 0 Å². The van der Waals surface area contributed by atoms with E-state index in [1.54, 1.807) is 11.1 Å². The van der Waals surface area contributed by atoms with Gasteiger partial charge in [0.05, 0.1) is 11.9 Å². The SMILES string of the molecule is Cc1ccccc1-c1ncc(-c2c(C3CCCCC3)cccc2C2CCCCC2)n1-c1ccccc1. The highest BCUT2D eigenvalue weighted by molar-refractivity contribution is 5.76. The summed E-state index contributed by atoms with van der Waals surface area (Å²) in [6.45, 7) is 2.20. The van der Waals surface area contributed by atoms with Crippen molar-refractivity contribution in [1.82, 2.24) is 9.55 Å². The number of hydrogen-bond acceptors (Lipinski definition) is 1. The quantitative estimate of drug-likeness (QED) is 0.281. The van der Waals surface area contributed by atoms with Crippen LogP contribution in [0.15, 0.2) is 79.0 Å². The lowest BCUT2D eigenvalue weighted by Gasteiger charge is -2.30. The summed E-state index contributed by atoms with van der Waals surface area (Å²) in [4.78, 5) is 5.14. The first-order valence-electron chi connectivity index (χ1n) is 14.1. The average molecular weight is 475 g/mol. The fourth-order valence-corrected chi connectivity index (χ4v) is 6.77. The van der Waals surface area contributed by atoms with Crippen molar-refractivity contribution in [3.05, 3.63) is 95.7 Å². The molecule has 0 bridgehead atoms. The van der Waals surface area contributed by atoms with Gasteiger partial charge < -0.3 is 0 Å². The Bertz CT molecular complexity index is 1270. The molecule has 6 rings (SSSR count). The molecule has 0 saturated heterocycles. The second-order valence-electron chi connectivity index (χ2n) is 10.9. The minimum atomic E-state index is 0.651. The number of hydrogen-bond donors (Lipinski definition) is 0. The predicted octanol–water partition coefficient (Wildman–Crippen LogP) is 9.61. The minimum Gasteiger partial charge on any atom is -0.292 e. The zero-order chi connectivity index (χ0) is 24.3. The van der Waals surface area contributed by atoms with Gasteiger partial charge in [0.15, 0.2) is 0 Å². The van der Waals surface area contributed by atoms with Gasteiger partial charge in [0, 0.05) is 16.8 Å². The molecule has 36 heavy (non-hydrogen) atoms. The average Bonchev–Trinajstić information content (AvgIpc) is 3.39. The minimum absolute atomic E-state index is 0.651. The highest BCUT2D eigenvalue weighted by atomic mass is 15.1. The molecule has 0 spiro atoms. The molecule has 0 N–H and O–H groups in total. The van der Waals surface area contributed by atoms with E-state index < -0.39 is 0 Å². The zero-order valence-corrected chi connectivity index (χ0v) is 21.6. The van der Waals surface area contributed by atoms with E-state index in [0.717, 1.165) is 5.82 Å². The molecule has 2 aliphatic carbocycles. The standard InChI is InChI=1S/C34H38N2/c1-25-14-11-12-21-29(25)34-35-24-32(36(34)28-19-9-4-10-20-28)33-30(26-15-5-2-6-16-26)22-13-23-31(33)27-17-7-3-8-18-27/h4,9-14,19-24,26-27H,2-3,5-8,15-18H2,1H3. The summed E-state index contributed by atoms with van der Waals surface area (Å²) < 4.78 is 2.44. The second-order valence-corrected chi connectivity index (χ2v) is 10.9. The molecule has 1 aromatic heterocycles. The van der Waals surface area contributed by atoms with Crippen molar-refractivity contribution in [3.8, 4) is 28.3 Å². The molecule has 2 nitrogen and oxygen atoms in total. The third-order valence-electron chi connectivity index (χ3n) is 8.64. The van der Waals surface area contributed by atoms with Crippen molar-refractivity contribution in [2.24, 2.45) is 0 Å². The van der Waals surface area contributed by atoms with Crippen molar-refractivity contribution < 1.29 is 0 Å². The van der Waals surface area contributed by atoms with Crippen molar-refractivity contribution in [2.75, 3.05) is 0 Å². The fraction of sp³-hybridized carbons (Fsp3) is 0.382. The second kappa shape index (κ2) is 10.5. The molecule has 0 radical (unpaired) electrons. The lowest BCUT2D eigenvalue weighted by atomic mass is 9.76. The van der Waals surface area contributed by atoms with Crippen LogP contribution in [0, 0.1) is 6.92 Å². The Kier molecular flexibility index (Phi) is 6.77. The van der Waals surface area contributed by atoms with Crippen molar-refractivity contribution >= 4 is 0 Å². The van der Waals surface area contributed by atoms with Crippen LogP contribution in [-0.4, -0.2) is 9.55 Å². The Morgan fingerprint density at radius 3 is 1.83 bits per heavy atom. The van der Waals surface area contributed by atoms with Crippen LogP contribution >= 0.6 is 0 Å². The Hall–Kier alpha value is -3.13. The molecule has 0 atom stereocenters. The van der Waals surface area contributed by atoms with Crippen molar-refractivity contribution in [3.63, 3.8) is 0 Å². The van der Waals surface area contributed by atoms with Crippen LogP contribution in [0.2, 0.25) is 0 Å². The van der Waals surface area contributed by atoms with Gasteiger partial charge in [-0.2, -0.15) is 0 Å². The maximum Gasteiger partial charge on any atom is 0.145 e. The van der Waals surface area contributed by atoms with E-state index in [9.17, 15) is 0 Å². The molecule has 3 aromatic carbocycles. The summed E-state index contributed by atoms with van der Waals surface area (Å²) in [6, 6.07) is 26.8. The summed E-state index contributed by atoms with van der Waals surface area (Å²) in [5.74, 6) is 2.35. The van der Waals surface area contributed by atoms with Gasteiger partial charge in [-0.15, -0.1) is 0 Å². The number of benzene rings is 3. The van der Waals surface area contributed by atoms with Gasteiger partial charge in [0.2, 0.25) is 0 Å². The van der Waals surface area contributed by atoms with E-state index in [1.165, 1.54) is 92.3 Å². The zero-order valence-electron chi connectivity index (χ0n) is 21.6. The molecule has 2 saturated carbocycles. The maximum atomic E-state index is 5.14. The van der Waals surface area contributed by atoms with E-state index in [2.05, 4.69) is 90.5 Å². The molecule has 0 unspecified atom stereocenters. The molecular formula is C34H38N2. The van der Waals surface area contributed by atoms with Crippen LogP contribution in [0.1, 0.15) is 92.7 Å². The number of imidazole rings is 1. The van der Waals surface area contributed by atoms with Gasteiger partial charge in [-0.05, 0) is 73.3 Å². The van der Waals surface area contributed by atoms with Crippen LogP contribution < -0.4 is 0 Å². The first-order valence-corrected chi connectivity index (χ1v) is 14.1. The van der Waals surface area contributed by atoms with Crippen LogP contribution in [-0.2, 0) is 0 Å². The molecule has 4 aromatic rings. The number of nitrogens with zero attached hydrogens (tertiary/aromatic N) is 2. The van der Waals surface area contributed by atoms with Crippen LogP contribution in [0.4, 0.5) is 0 Å². The topological polar surface area (TPSA) is 17.8 Å². The number of para-hydroxylation sites is 1. The largest absolute Gasteiger partial charge is 0.292 e. The summed E-state index contributed by atoms with van der Waals surface area (Å²) in [5.41, 5.74) is 9.53. The van der Waals surface area contributed by atoms with E-state index in [-0.39, 0.29) is 0 Å². The van der Waals surface area contributed by atoms with Gasteiger partial charge in [0.1, 0.15) is 5.82 Å². The molecule has 2 fully saturated rings. The highest BCUT2D eigenvalue weighted by Crippen LogP contribution is 2.46. The molecule has 0 amide bonds. The molecule has 0 aliphatic heterocycles. The predicted molar refractivity (Wildman–Crippen MR) is 151 cm³/mol. The monoisotopic (exact) mass is 474 g/mol. The van der Waals surface area contributed by atoms with E-state index in [0.29, 0.717) is 11.8 Å². The summed E-state index contributed by atoms with van der Waals surface area (Å²) in [6.07, 6.45) is 15.6. The molecule has 184 valence electrons. The summed E-state index contributed by atoms with van der Waals surface area (Å²) >= 11 is 0. The first kappa shape index (κ1) is 23.3. The Morgan fingerprint density at radius 2 is 1.22 bits per heavy atom. The highest BCUT2D eigenvalue weighted by Gasteiger charge is 2.28. The van der Waals surface area contributed by atoms with Gasteiger partial charge in [-0.3, -0.25) is 4.57 Å². The third kappa shape index (κ3) is 4.43. The van der Waals surface area contributed by atoms with Gasteiger partial charge in [-0.1, -0.05) is 99.2 Å². The normalized spacial score (nSPS) is 17.4.